The zero-order chi connectivity index (χ0) is 15.1. The highest BCUT2D eigenvalue weighted by Gasteiger charge is 2.18. The van der Waals surface area contributed by atoms with Crippen LogP contribution in [0.1, 0.15) is 38.6 Å². The molecule has 0 saturated heterocycles. The van der Waals surface area contributed by atoms with Crippen LogP contribution in [0.4, 0.5) is 0 Å². The second kappa shape index (κ2) is 8.53. The Morgan fingerprint density at radius 3 is 2.05 bits per heavy atom. The lowest BCUT2D eigenvalue weighted by molar-refractivity contribution is 0.218. The van der Waals surface area contributed by atoms with Crippen molar-refractivity contribution >= 4 is 11.6 Å². The summed E-state index contributed by atoms with van der Waals surface area (Å²) < 4.78 is 5.41. The number of methoxy groups -OCH3 is 1. The summed E-state index contributed by atoms with van der Waals surface area (Å²) in [6.07, 6.45) is 0. The van der Waals surface area contributed by atoms with Gasteiger partial charge in [-0.1, -0.05) is 45.9 Å². The molecule has 0 amide bonds. The maximum atomic E-state index is 6.63. The predicted molar refractivity (Wildman–Crippen MR) is 87.7 cm³/mol. The van der Waals surface area contributed by atoms with Gasteiger partial charge in [-0.2, -0.15) is 0 Å². The fourth-order valence-electron chi connectivity index (χ4n) is 2.51. The van der Waals surface area contributed by atoms with E-state index in [9.17, 15) is 0 Å². The van der Waals surface area contributed by atoms with Crippen LogP contribution in [0.5, 0.6) is 5.75 Å². The molecular formula is C17H28ClNO. The van der Waals surface area contributed by atoms with Gasteiger partial charge in [-0.15, -0.1) is 11.6 Å². The molecule has 0 radical (unpaired) electrons. The van der Waals surface area contributed by atoms with Crippen LogP contribution in [0.15, 0.2) is 24.3 Å². The Hall–Kier alpha value is -0.730. The summed E-state index contributed by atoms with van der Waals surface area (Å²) >= 11 is 6.63. The van der Waals surface area contributed by atoms with Crippen molar-refractivity contribution in [3.8, 4) is 5.75 Å². The molecule has 0 aromatic heterocycles. The number of rotatable bonds is 8. The molecule has 2 nitrogen and oxygen atoms in total. The predicted octanol–water partition coefficient (Wildman–Crippen LogP) is 4.59. The van der Waals surface area contributed by atoms with Crippen LogP contribution in [0.25, 0.3) is 0 Å². The van der Waals surface area contributed by atoms with E-state index in [-0.39, 0.29) is 5.38 Å². The second-order valence-electron chi connectivity index (χ2n) is 6.22. The Labute approximate surface area is 129 Å². The van der Waals surface area contributed by atoms with Crippen molar-refractivity contribution in [2.24, 2.45) is 11.8 Å². The SMILES string of the molecule is COc1ccccc1C(Cl)CN(CC(C)C)CC(C)C. The molecule has 1 rings (SSSR count). The number of hydrogen-bond donors (Lipinski definition) is 0. The van der Waals surface area contributed by atoms with Gasteiger partial charge in [-0.25, -0.2) is 0 Å². The topological polar surface area (TPSA) is 12.5 Å². The fraction of sp³-hybridized carbons (Fsp3) is 0.647. The van der Waals surface area contributed by atoms with E-state index in [1.54, 1.807) is 7.11 Å². The van der Waals surface area contributed by atoms with Crippen LogP contribution in [-0.4, -0.2) is 31.6 Å². The molecule has 0 heterocycles. The van der Waals surface area contributed by atoms with Crippen LogP contribution in [0, 0.1) is 11.8 Å². The molecule has 0 aliphatic heterocycles. The standard InChI is InChI=1S/C17H28ClNO/c1-13(2)10-19(11-14(3)4)12-16(18)15-8-6-7-9-17(15)20-5/h6-9,13-14,16H,10-12H2,1-5H3. The normalized spacial score (nSPS) is 13.2. The van der Waals surface area contributed by atoms with Crippen LogP contribution < -0.4 is 4.74 Å². The van der Waals surface area contributed by atoms with Gasteiger partial charge in [0.1, 0.15) is 5.75 Å². The first-order valence-corrected chi connectivity index (χ1v) is 7.87. The zero-order valence-electron chi connectivity index (χ0n) is 13.4. The lowest BCUT2D eigenvalue weighted by Crippen LogP contribution is -2.34. The monoisotopic (exact) mass is 297 g/mol. The highest BCUT2D eigenvalue weighted by atomic mass is 35.5. The summed E-state index contributed by atoms with van der Waals surface area (Å²) in [6, 6.07) is 8.02. The van der Waals surface area contributed by atoms with Crippen LogP contribution >= 0.6 is 11.6 Å². The Balaban J connectivity index is 2.76. The number of halogens is 1. The minimum atomic E-state index is -0.0383. The number of nitrogens with zero attached hydrogens (tertiary/aromatic N) is 1. The lowest BCUT2D eigenvalue weighted by atomic mass is 10.1. The highest BCUT2D eigenvalue weighted by molar-refractivity contribution is 6.21. The zero-order valence-corrected chi connectivity index (χ0v) is 14.2. The van der Waals surface area contributed by atoms with Gasteiger partial charge in [0.05, 0.1) is 12.5 Å². The molecule has 0 N–H and O–H groups in total. The molecule has 0 aliphatic rings. The van der Waals surface area contributed by atoms with E-state index in [0.29, 0.717) is 11.8 Å². The van der Waals surface area contributed by atoms with E-state index in [0.717, 1.165) is 30.9 Å². The first-order valence-electron chi connectivity index (χ1n) is 7.43. The van der Waals surface area contributed by atoms with Crippen LogP contribution in [-0.2, 0) is 0 Å². The summed E-state index contributed by atoms with van der Waals surface area (Å²) in [5.41, 5.74) is 1.08. The molecule has 20 heavy (non-hydrogen) atoms. The minimum Gasteiger partial charge on any atom is -0.496 e. The second-order valence-corrected chi connectivity index (χ2v) is 6.74. The number of alkyl halides is 1. The molecule has 3 heteroatoms. The fourth-order valence-corrected chi connectivity index (χ4v) is 2.88. The van der Waals surface area contributed by atoms with E-state index < -0.39 is 0 Å². The molecular weight excluding hydrogens is 270 g/mol. The number of benzene rings is 1. The summed E-state index contributed by atoms with van der Waals surface area (Å²) in [5, 5.41) is -0.0383. The summed E-state index contributed by atoms with van der Waals surface area (Å²) in [5.74, 6) is 2.17. The first kappa shape index (κ1) is 17.3. The maximum Gasteiger partial charge on any atom is 0.123 e. The molecule has 1 atom stereocenters. The molecule has 114 valence electrons. The van der Waals surface area contributed by atoms with Crippen molar-refractivity contribution in [2.45, 2.75) is 33.1 Å². The van der Waals surface area contributed by atoms with Crippen LogP contribution in [0.2, 0.25) is 0 Å². The number of hydrogen-bond acceptors (Lipinski definition) is 2. The highest BCUT2D eigenvalue weighted by Crippen LogP contribution is 2.30. The number of para-hydroxylation sites is 1. The van der Waals surface area contributed by atoms with E-state index in [4.69, 9.17) is 16.3 Å². The quantitative estimate of drug-likeness (QED) is 0.651. The van der Waals surface area contributed by atoms with Crippen molar-refractivity contribution in [1.29, 1.82) is 0 Å². The van der Waals surface area contributed by atoms with Gasteiger partial charge >= 0.3 is 0 Å². The largest absolute Gasteiger partial charge is 0.496 e. The average Bonchev–Trinajstić information content (AvgIpc) is 2.36. The van der Waals surface area contributed by atoms with Crippen molar-refractivity contribution in [1.82, 2.24) is 4.90 Å². The third-order valence-electron chi connectivity index (χ3n) is 3.14. The third kappa shape index (κ3) is 5.72. The van der Waals surface area contributed by atoms with Gasteiger partial charge in [-0.05, 0) is 17.9 Å². The van der Waals surface area contributed by atoms with Gasteiger partial charge in [0.2, 0.25) is 0 Å². The van der Waals surface area contributed by atoms with E-state index in [1.807, 2.05) is 18.2 Å². The maximum absolute atomic E-state index is 6.63. The Morgan fingerprint density at radius 2 is 1.55 bits per heavy atom. The van der Waals surface area contributed by atoms with Crippen molar-refractivity contribution in [3.05, 3.63) is 29.8 Å². The van der Waals surface area contributed by atoms with Gasteiger partial charge in [-0.3, -0.25) is 0 Å². The molecule has 0 aliphatic carbocycles. The van der Waals surface area contributed by atoms with E-state index in [2.05, 4.69) is 38.7 Å². The molecule has 0 fully saturated rings. The molecule has 0 bridgehead atoms. The van der Waals surface area contributed by atoms with Gasteiger partial charge in [0.25, 0.3) is 0 Å². The van der Waals surface area contributed by atoms with Crippen molar-refractivity contribution in [2.75, 3.05) is 26.7 Å². The molecule has 1 aromatic carbocycles. The Kier molecular flexibility index (Phi) is 7.39. The van der Waals surface area contributed by atoms with E-state index >= 15 is 0 Å². The molecule has 0 spiro atoms. The third-order valence-corrected chi connectivity index (χ3v) is 3.51. The summed E-state index contributed by atoms with van der Waals surface area (Å²) in [6.45, 7) is 12.0. The molecule has 0 saturated carbocycles. The Bertz CT molecular complexity index is 382. The van der Waals surface area contributed by atoms with Crippen molar-refractivity contribution < 1.29 is 4.74 Å². The Morgan fingerprint density at radius 1 is 1.00 bits per heavy atom. The minimum absolute atomic E-state index is 0.0383. The number of ether oxygens (including phenoxy) is 1. The lowest BCUT2D eigenvalue weighted by Gasteiger charge is -2.28. The first-order chi connectivity index (χ1) is 9.43. The summed E-state index contributed by atoms with van der Waals surface area (Å²) in [7, 11) is 1.70. The van der Waals surface area contributed by atoms with Gasteiger partial charge in [0, 0.05) is 25.2 Å². The van der Waals surface area contributed by atoms with Crippen LogP contribution in [0.3, 0.4) is 0 Å². The van der Waals surface area contributed by atoms with Gasteiger partial charge in [0.15, 0.2) is 0 Å². The average molecular weight is 298 g/mol. The van der Waals surface area contributed by atoms with Gasteiger partial charge < -0.3 is 9.64 Å². The smallest absolute Gasteiger partial charge is 0.123 e. The molecule has 1 unspecified atom stereocenters. The summed E-state index contributed by atoms with van der Waals surface area (Å²) in [4.78, 5) is 2.46. The van der Waals surface area contributed by atoms with E-state index in [1.165, 1.54) is 0 Å². The van der Waals surface area contributed by atoms with Crippen molar-refractivity contribution in [3.63, 3.8) is 0 Å². The molecule has 1 aromatic rings.